The van der Waals surface area contributed by atoms with E-state index in [0.717, 1.165) is 22.6 Å². The zero-order valence-electron chi connectivity index (χ0n) is 10.6. The van der Waals surface area contributed by atoms with Gasteiger partial charge in [0, 0.05) is 6.54 Å². The van der Waals surface area contributed by atoms with Gasteiger partial charge in [0.05, 0.1) is 12.8 Å². The van der Waals surface area contributed by atoms with Gasteiger partial charge in [-0.25, -0.2) is 9.78 Å². The third-order valence-electron chi connectivity index (χ3n) is 2.59. The van der Waals surface area contributed by atoms with Gasteiger partial charge in [-0.3, -0.25) is 0 Å². The largest absolute Gasteiger partial charge is 0.497 e. The van der Waals surface area contributed by atoms with Crippen LogP contribution in [-0.4, -0.2) is 23.2 Å². The molecule has 0 aliphatic heterocycles. The smallest absolute Gasteiger partial charge is 0.347 e. The van der Waals surface area contributed by atoms with Gasteiger partial charge in [-0.15, -0.1) is 0 Å². The van der Waals surface area contributed by atoms with Crippen LogP contribution in [0.2, 0.25) is 0 Å². The molecule has 2 aromatic rings. The molecule has 2 N–H and O–H groups in total. The maximum absolute atomic E-state index is 10.9. The highest BCUT2D eigenvalue weighted by atomic mass is 32.1. The summed E-state index contributed by atoms with van der Waals surface area (Å²) in [4.78, 5) is 15.4. The highest BCUT2D eigenvalue weighted by Gasteiger charge is 2.13. The van der Waals surface area contributed by atoms with Crippen molar-refractivity contribution in [1.82, 2.24) is 4.98 Å². The van der Waals surface area contributed by atoms with Gasteiger partial charge in [0.1, 0.15) is 10.6 Å². The highest BCUT2D eigenvalue weighted by Crippen LogP contribution is 2.23. The van der Waals surface area contributed by atoms with Gasteiger partial charge >= 0.3 is 5.97 Å². The minimum Gasteiger partial charge on any atom is -0.497 e. The fraction of sp³-hybridized carbons (Fsp3) is 0.231. The van der Waals surface area contributed by atoms with Crippen molar-refractivity contribution in [3.05, 3.63) is 40.4 Å². The van der Waals surface area contributed by atoms with Crippen LogP contribution in [0.3, 0.4) is 0 Å². The first-order valence-electron chi connectivity index (χ1n) is 5.67. The number of aromatic nitrogens is 1. The Kier molecular flexibility index (Phi) is 4.01. The van der Waals surface area contributed by atoms with Crippen LogP contribution in [0.15, 0.2) is 24.3 Å². The number of hydrogen-bond donors (Lipinski definition) is 2. The number of anilines is 1. The first-order chi connectivity index (χ1) is 9.10. The number of nitrogens with zero attached hydrogens (tertiary/aromatic N) is 1. The van der Waals surface area contributed by atoms with Crippen LogP contribution >= 0.6 is 11.3 Å². The molecule has 0 aliphatic carbocycles. The molecule has 0 aliphatic rings. The molecule has 0 unspecified atom stereocenters. The van der Waals surface area contributed by atoms with Crippen molar-refractivity contribution in [3.8, 4) is 5.75 Å². The molecule has 100 valence electrons. The molecule has 0 saturated carbocycles. The average molecular weight is 278 g/mol. The molecule has 1 aromatic heterocycles. The molecule has 1 aromatic carbocycles. The fourth-order valence-electron chi connectivity index (χ4n) is 1.59. The van der Waals surface area contributed by atoms with Crippen LogP contribution in [0.5, 0.6) is 5.75 Å². The number of thiazole rings is 1. The zero-order valence-corrected chi connectivity index (χ0v) is 11.5. The number of nitrogens with one attached hydrogen (secondary N) is 1. The summed E-state index contributed by atoms with van der Waals surface area (Å²) < 4.78 is 5.08. The Morgan fingerprint density at radius 3 is 2.63 bits per heavy atom. The number of carboxylic acid groups (broad SMARTS) is 1. The number of methoxy groups -OCH3 is 1. The third-order valence-corrected chi connectivity index (χ3v) is 3.70. The second-order valence-corrected chi connectivity index (χ2v) is 4.94. The molecular formula is C13H14N2O3S. The van der Waals surface area contributed by atoms with Gasteiger partial charge < -0.3 is 15.2 Å². The van der Waals surface area contributed by atoms with E-state index in [-0.39, 0.29) is 4.88 Å². The van der Waals surface area contributed by atoms with E-state index in [4.69, 9.17) is 9.84 Å². The summed E-state index contributed by atoms with van der Waals surface area (Å²) in [6.45, 7) is 2.29. The third kappa shape index (κ3) is 3.23. The molecule has 6 heteroatoms. The van der Waals surface area contributed by atoms with Crippen molar-refractivity contribution in [2.45, 2.75) is 13.5 Å². The van der Waals surface area contributed by atoms with Crippen LogP contribution in [0.1, 0.15) is 20.9 Å². The van der Waals surface area contributed by atoms with E-state index >= 15 is 0 Å². The second kappa shape index (κ2) is 5.71. The molecular weight excluding hydrogens is 264 g/mol. The number of aromatic carboxylic acids is 1. The van der Waals surface area contributed by atoms with Gasteiger partial charge in [0.15, 0.2) is 5.13 Å². The van der Waals surface area contributed by atoms with E-state index in [2.05, 4.69) is 10.3 Å². The average Bonchev–Trinajstić information content (AvgIpc) is 2.78. The Morgan fingerprint density at radius 1 is 1.42 bits per heavy atom. The van der Waals surface area contributed by atoms with E-state index in [9.17, 15) is 4.79 Å². The molecule has 0 saturated heterocycles. The molecule has 0 spiro atoms. The zero-order chi connectivity index (χ0) is 13.8. The highest BCUT2D eigenvalue weighted by molar-refractivity contribution is 7.17. The summed E-state index contributed by atoms with van der Waals surface area (Å²) in [6.07, 6.45) is 0. The van der Waals surface area contributed by atoms with Crippen molar-refractivity contribution < 1.29 is 14.6 Å². The molecule has 0 radical (unpaired) electrons. The van der Waals surface area contributed by atoms with E-state index in [0.29, 0.717) is 17.4 Å². The normalized spacial score (nSPS) is 10.2. The molecule has 0 fully saturated rings. The topological polar surface area (TPSA) is 71.5 Å². The van der Waals surface area contributed by atoms with Gasteiger partial charge in [-0.2, -0.15) is 0 Å². The lowest BCUT2D eigenvalue weighted by Crippen LogP contribution is -1.98. The lowest BCUT2D eigenvalue weighted by molar-refractivity contribution is 0.0701. The van der Waals surface area contributed by atoms with Crippen LogP contribution in [-0.2, 0) is 6.54 Å². The van der Waals surface area contributed by atoms with Crippen LogP contribution in [0.25, 0.3) is 0 Å². The number of aryl methyl sites for hydroxylation is 1. The Hall–Kier alpha value is -2.08. The van der Waals surface area contributed by atoms with Gasteiger partial charge in [0.2, 0.25) is 0 Å². The maximum Gasteiger partial charge on any atom is 0.347 e. The van der Waals surface area contributed by atoms with Gasteiger partial charge in [-0.05, 0) is 24.6 Å². The van der Waals surface area contributed by atoms with Crippen molar-refractivity contribution in [1.29, 1.82) is 0 Å². The number of rotatable bonds is 5. The Labute approximate surface area is 114 Å². The number of carboxylic acids is 1. The Balaban J connectivity index is 2.01. The minimum absolute atomic E-state index is 0.275. The lowest BCUT2D eigenvalue weighted by atomic mass is 10.2. The molecule has 1 heterocycles. The number of benzene rings is 1. The summed E-state index contributed by atoms with van der Waals surface area (Å²) in [6, 6.07) is 7.66. The predicted octanol–water partition coefficient (Wildman–Crippen LogP) is 2.77. The number of carbonyl (C=O) groups is 1. The fourth-order valence-corrected chi connectivity index (χ4v) is 2.39. The minimum atomic E-state index is -0.938. The summed E-state index contributed by atoms with van der Waals surface area (Å²) in [5, 5.41) is 12.7. The van der Waals surface area contributed by atoms with Crippen LogP contribution in [0, 0.1) is 6.92 Å². The summed E-state index contributed by atoms with van der Waals surface area (Å²) in [5.41, 5.74) is 1.61. The van der Waals surface area contributed by atoms with E-state index < -0.39 is 5.97 Å². The van der Waals surface area contributed by atoms with E-state index in [1.807, 2.05) is 24.3 Å². The monoisotopic (exact) mass is 278 g/mol. The summed E-state index contributed by atoms with van der Waals surface area (Å²) in [5.74, 6) is -0.130. The van der Waals surface area contributed by atoms with Crippen molar-refractivity contribution in [3.63, 3.8) is 0 Å². The molecule has 19 heavy (non-hydrogen) atoms. The van der Waals surface area contributed by atoms with Crippen LogP contribution in [0.4, 0.5) is 5.13 Å². The Morgan fingerprint density at radius 2 is 2.11 bits per heavy atom. The standard InChI is InChI=1S/C13H14N2O3S/c1-8-11(12(16)17)19-13(15-8)14-7-9-3-5-10(18-2)6-4-9/h3-6H,7H2,1-2H3,(H,14,15)(H,16,17). The quantitative estimate of drug-likeness (QED) is 0.880. The van der Waals surface area contributed by atoms with Crippen molar-refractivity contribution in [2.24, 2.45) is 0 Å². The first-order valence-corrected chi connectivity index (χ1v) is 6.49. The molecule has 0 bridgehead atoms. The molecule has 0 atom stereocenters. The maximum atomic E-state index is 10.9. The van der Waals surface area contributed by atoms with Gasteiger partial charge in [-0.1, -0.05) is 23.5 Å². The summed E-state index contributed by atoms with van der Waals surface area (Å²) >= 11 is 1.15. The molecule has 5 nitrogen and oxygen atoms in total. The van der Waals surface area contributed by atoms with Crippen molar-refractivity contribution in [2.75, 3.05) is 12.4 Å². The SMILES string of the molecule is COc1ccc(CNc2nc(C)c(C(=O)O)s2)cc1. The van der Waals surface area contributed by atoms with E-state index in [1.165, 1.54) is 0 Å². The molecule has 0 amide bonds. The van der Waals surface area contributed by atoms with E-state index in [1.54, 1.807) is 14.0 Å². The summed E-state index contributed by atoms with van der Waals surface area (Å²) in [7, 11) is 1.62. The Bertz CT molecular complexity index is 578. The van der Waals surface area contributed by atoms with Crippen molar-refractivity contribution >= 4 is 22.4 Å². The molecule has 2 rings (SSSR count). The second-order valence-electron chi connectivity index (χ2n) is 3.94. The number of hydrogen-bond acceptors (Lipinski definition) is 5. The van der Waals surface area contributed by atoms with Gasteiger partial charge in [0.25, 0.3) is 0 Å². The number of ether oxygens (including phenoxy) is 1. The predicted molar refractivity (Wildman–Crippen MR) is 74.1 cm³/mol. The lowest BCUT2D eigenvalue weighted by Gasteiger charge is -2.04. The first kappa shape index (κ1) is 13.4. The van der Waals surface area contributed by atoms with Crippen LogP contribution < -0.4 is 10.1 Å².